The molecule has 0 aliphatic rings. The number of hydrogen-bond acceptors (Lipinski definition) is 4. The fourth-order valence-electron chi connectivity index (χ4n) is 1.20. The smallest absolute Gasteiger partial charge is 0.203 e. The molecule has 0 rings (SSSR count). The normalized spacial score (nSPS) is 16.0. The summed E-state index contributed by atoms with van der Waals surface area (Å²) in [6.07, 6.45) is 3.91. The first kappa shape index (κ1) is 15.7. The van der Waals surface area contributed by atoms with E-state index in [1.807, 2.05) is 7.05 Å². The molecular weight excluding hydrogens is 232 g/mol. The second-order valence-corrected chi connectivity index (χ2v) is 6.72. The Balaban J connectivity index is 3.65. The molecule has 2 atom stereocenters. The fourth-order valence-corrected chi connectivity index (χ4v) is 1.63. The standard InChI is InChI=1S/C9H23NO3P2/c1-3-4-5-7-10(2)8-6-9(11,14)15(12)13/h11-13H,3-8,14H2,1-2H3. The number of aliphatic hydroxyl groups is 1. The van der Waals surface area contributed by atoms with Crippen molar-refractivity contribution in [1.82, 2.24) is 4.90 Å². The average Bonchev–Trinajstić information content (AvgIpc) is 2.15. The molecule has 0 saturated heterocycles. The van der Waals surface area contributed by atoms with E-state index in [9.17, 15) is 5.11 Å². The SMILES string of the molecule is CCCCCN(C)CCC(O)(P)P(O)O. The van der Waals surface area contributed by atoms with Gasteiger partial charge >= 0.3 is 0 Å². The fraction of sp³-hybridized carbons (Fsp3) is 1.00. The van der Waals surface area contributed by atoms with Crippen LogP contribution in [-0.4, -0.2) is 45.0 Å². The first-order valence-electron chi connectivity index (χ1n) is 5.28. The van der Waals surface area contributed by atoms with E-state index in [1.165, 1.54) is 12.8 Å². The van der Waals surface area contributed by atoms with Gasteiger partial charge in [0.05, 0.1) is 0 Å². The lowest BCUT2D eigenvalue weighted by atomic mass is 10.2. The highest BCUT2D eigenvalue weighted by Crippen LogP contribution is 2.47. The maximum atomic E-state index is 9.58. The first-order valence-corrected chi connectivity index (χ1v) is 7.10. The van der Waals surface area contributed by atoms with E-state index in [2.05, 4.69) is 21.1 Å². The van der Waals surface area contributed by atoms with Crippen LogP contribution in [0.25, 0.3) is 0 Å². The quantitative estimate of drug-likeness (QED) is 0.452. The van der Waals surface area contributed by atoms with Crippen LogP contribution in [0.1, 0.15) is 32.6 Å². The Kier molecular flexibility index (Phi) is 8.26. The van der Waals surface area contributed by atoms with Gasteiger partial charge in [0.2, 0.25) is 8.38 Å². The Morgan fingerprint density at radius 1 is 1.27 bits per heavy atom. The van der Waals surface area contributed by atoms with Crippen LogP contribution in [-0.2, 0) is 0 Å². The zero-order chi connectivity index (χ0) is 11.9. The van der Waals surface area contributed by atoms with Crippen LogP contribution in [0.15, 0.2) is 0 Å². The van der Waals surface area contributed by atoms with Crippen molar-refractivity contribution < 1.29 is 14.9 Å². The number of hydrogen-bond donors (Lipinski definition) is 3. The summed E-state index contributed by atoms with van der Waals surface area (Å²) in [5, 5.41) is 8.16. The molecule has 0 aromatic heterocycles. The summed E-state index contributed by atoms with van der Waals surface area (Å²) < 4.78 is 0. The van der Waals surface area contributed by atoms with Crippen molar-refractivity contribution in [2.45, 2.75) is 37.7 Å². The molecule has 3 N–H and O–H groups in total. The lowest BCUT2D eigenvalue weighted by molar-refractivity contribution is 0.166. The van der Waals surface area contributed by atoms with Gasteiger partial charge in [0.15, 0.2) is 0 Å². The molecule has 0 aromatic rings. The van der Waals surface area contributed by atoms with E-state index >= 15 is 0 Å². The lowest BCUT2D eigenvalue weighted by Crippen LogP contribution is -2.28. The van der Waals surface area contributed by atoms with Crippen molar-refractivity contribution in [3.63, 3.8) is 0 Å². The molecule has 92 valence electrons. The Morgan fingerprint density at radius 2 is 1.87 bits per heavy atom. The maximum absolute atomic E-state index is 9.58. The predicted octanol–water partition coefficient (Wildman–Crippen LogP) is 1.32. The summed E-state index contributed by atoms with van der Waals surface area (Å²) in [5.41, 5.74) is 0. The molecule has 0 amide bonds. The van der Waals surface area contributed by atoms with Gasteiger partial charge in [-0.1, -0.05) is 29.0 Å². The first-order chi connectivity index (χ1) is 6.90. The Hall–Kier alpha value is 0.700. The van der Waals surface area contributed by atoms with E-state index < -0.39 is 13.5 Å². The zero-order valence-corrected chi connectivity index (χ0v) is 11.6. The zero-order valence-electron chi connectivity index (χ0n) is 9.56. The van der Waals surface area contributed by atoms with Gasteiger partial charge in [-0.15, -0.1) is 0 Å². The largest absolute Gasteiger partial charge is 0.377 e. The predicted molar refractivity (Wildman–Crippen MR) is 67.7 cm³/mol. The molecule has 6 heteroatoms. The van der Waals surface area contributed by atoms with Crippen molar-refractivity contribution in [2.24, 2.45) is 0 Å². The van der Waals surface area contributed by atoms with Gasteiger partial charge in [0, 0.05) is 13.0 Å². The molecule has 0 radical (unpaired) electrons. The van der Waals surface area contributed by atoms with E-state index in [4.69, 9.17) is 9.79 Å². The third kappa shape index (κ3) is 7.57. The maximum Gasteiger partial charge on any atom is 0.203 e. The molecule has 15 heavy (non-hydrogen) atoms. The Labute approximate surface area is 95.8 Å². The minimum Gasteiger partial charge on any atom is -0.377 e. The number of unbranched alkanes of at least 4 members (excludes halogenated alkanes) is 2. The minimum absolute atomic E-state index is 0.360. The summed E-state index contributed by atoms with van der Waals surface area (Å²) >= 11 is 0. The summed E-state index contributed by atoms with van der Waals surface area (Å²) in [6, 6.07) is 0. The molecule has 0 aliphatic heterocycles. The molecular formula is C9H23NO3P2. The minimum atomic E-state index is -2.30. The molecule has 0 bridgehead atoms. The molecule has 0 fully saturated rings. The summed E-state index contributed by atoms with van der Waals surface area (Å²) in [4.78, 5) is 20.0. The van der Waals surface area contributed by atoms with Crippen molar-refractivity contribution in [1.29, 1.82) is 0 Å². The monoisotopic (exact) mass is 255 g/mol. The van der Waals surface area contributed by atoms with Crippen LogP contribution < -0.4 is 0 Å². The van der Waals surface area contributed by atoms with Gasteiger partial charge < -0.3 is 19.8 Å². The van der Waals surface area contributed by atoms with Crippen LogP contribution >= 0.6 is 17.6 Å². The average molecular weight is 255 g/mol. The second-order valence-electron chi connectivity index (χ2n) is 3.93. The van der Waals surface area contributed by atoms with Crippen molar-refractivity contribution >= 4 is 17.6 Å². The van der Waals surface area contributed by atoms with Crippen molar-refractivity contribution in [3.05, 3.63) is 0 Å². The molecule has 0 spiro atoms. The summed E-state index contributed by atoms with van der Waals surface area (Å²) in [6.45, 7) is 3.82. The number of nitrogens with zero attached hydrogens (tertiary/aromatic N) is 1. The van der Waals surface area contributed by atoms with E-state index in [-0.39, 0.29) is 0 Å². The highest BCUT2D eigenvalue weighted by atomic mass is 31.2. The molecule has 4 nitrogen and oxygen atoms in total. The van der Waals surface area contributed by atoms with Crippen LogP contribution in [0.3, 0.4) is 0 Å². The van der Waals surface area contributed by atoms with Gasteiger partial charge in [-0.25, -0.2) is 0 Å². The van der Waals surface area contributed by atoms with Gasteiger partial charge in [0.1, 0.15) is 5.08 Å². The van der Waals surface area contributed by atoms with Crippen molar-refractivity contribution in [3.8, 4) is 0 Å². The third-order valence-electron chi connectivity index (χ3n) is 2.35. The second kappa shape index (κ2) is 7.89. The summed E-state index contributed by atoms with van der Waals surface area (Å²) in [5.74, 6) is 0. The van der Waals surface area contributed by atoms with E-state index in [0.717, 1.165) is 13.0 Å². The molecule has 0 aliphatic carbocycles. The summed E-state index contributed by atoms with van der Waals surface area (Å²) in [7, 11) is 1.79. The van der Waals surface area contributed by atoms with Gasteiger partial charge in [0.25, 0.3) is 0 Å². The van der Waals surface area contributed by atoms with Crippen molar-refractivity contribution in [2.75, 3.05) is 20.1 Å². The highest BCUT2D eigenvalue weighted by molar-refractivity contribution is 7.56. The third-order valence-corrected chi connectivity index (χ3v) is 4.25. The Morgan fingerprint density at radius 3 is 2.33 bits per heavy atom. The molecule has 2 unspecified atom stereocenters. The van der Waals surface area contributed by atoms with Crippen LogP contribution in [0.4, 0.5) is 0 Å². The highest BCUT2D eigenvalue weighted by Gasteiger charge is 2.29. The molecule has 0 heterocycles. The van der Waals surface area contributed by atoms with Crippen LogP contribution in [0.2, 0.25) is 0 Å². The number of rotatable bonds is 8. The van der Waals surface area contributed by atoms with Crippen LogP contribution in [0.5, 0.6) is 0 Å². The topological polar surface area (TPSA) is 63.9 Å². The van der Waals surface area contributed by atoms with Gasteiger partial charge in [-0.2, -0.15) is 0 Å². The van der Waals surface area contributed by atoms with Crippen LogP contribution in [0, 0.1) is 0 Å². The lowest BCUT2D eigenvalue weighted by Gasteiger charge is -2.26. The van der Waals surface area contributed by atoms with Gasteiger partial charge in [-0.3, -0.25) is 0 Å². The molecule has 0 aromatic carbocycles. The van der Waals surface area contributed by atoms with E-state index in [0.29, 0.717) is 13.0 Å². The van der Waals surface area contributed by atoms with Gasteiger partial charge in [-0.05, 0) is 20.0 Å². The Bertz CT molecular complexity index is 167. The van der Waals surface area contributed by atoms with E-state index in [1.54, 1.807) is 0 Å². The molecule has 0 saturated carbocycles.